The van der Waals surface area contributed by atoms with E-state index in [4.69, 9.17) is 5.11 Å². The quantitative estimate of drug-likeness (QED) is 0.822. The van der Waals surface area contributed by atoms with Crippen molar-refractivity contribution in [1.29, 1.82) is 0 Å². The Balaban J connectivity index is 3.33. The second kappa shape index (κ2) is 4.56. The van der Waals surface area contributed by atoms with E-state index in [-0.39, 0.29) is 16.7 Å². The highest BCUT2D eigenvalue weighted by atomic mass is 16.4. The predicted octanol–water partition coefficient (Wildman–Crippen LogP) is 3.17. The van der Waals surface area contributed by atoms with Crippen LogP contribution in [0.15, 0.2) is 18.2 Å². The molecule has 88 valence electrons. The Morgan fingerprint density at radius 1 is 1.38 bits per heavy atom. The van der Waals surface area contributed by atoms with E-state index in [1.54, 1.807) is 12.1 Å². The molecule has 0 aliphatic carbocycles. The molecule has 0 radical (unpaired) electrons. The van der Waals surface area contributed by atoms with Crippen molar-refractivity contribution in [3.05, 3.63) is 29.3 Å². The Morgan fingerprint density at radius 2 is 2.00 bits per heavy atom. The summed E-state index contributed by atoms with van der Waals surface area (Å²) in [6.07, 6.45) is 1.86. The minimum atomic E-state index is -1.07. The highest BCUT2D eigenvalue weighted by molar-refractivity contribution is 5.93. The van der Waals surface area contributed by atoms with Crippen LogP contribution in [0.3, 0.4) is 0 Å². The standard InChI is InChI=1S/C13H18O3/c1-4-8-13(2,3)9-6-5-7-10(14)11(9)12(15)16/h5-7,14H,4,8H2,1-3H3,(H,15,16). The Morgan fingerprint density at radius 3 is 2.50 bits per heavy atom. The monoisotopic (exact) mass is 222 g/mol. The molecular formula is C13H18O3. The second-order valence-electron chi connectivity index (χ2n) is 4.64. The highest BCUT2D eigenvalue weighted by Crippen LogP contribution is 2.34. The van der Waals surface area contributed by atoms with E-state index >= 15 is 0 Å². The fourth-order valence-corrected chi connectivity index (χ4v) is 2.09. The first kappa shape index (κ1) is 12.6. The van der Waals surface area contributed by atoms with Crippen molar-refractivity contribution < 1.29 is 15.0 Å². The second-order valence-corrected chi connectivity index (χ2v) is 4.64. The zero-order valence-electron chi connectivity index (χ0n) is 9.95. The summed E-state index contributed by atoms with van der Waals surface area (Å²) in [7, 11) is 0. The van der Waals surface area contributed by atoms with Crippen molar-refractivity contribution in [2.45, 2.75) is 39.0 Å². The van der Waals surface area contributed by atoms with Gasteiger partial charge in [0.15, 0.2) is 0 Å². The Bertz CT molecular complexity index is 394. The fraction of sp³-hybridized carbons (Fsp3) is 0.462. The van der Waals surface area contributed by atoms with Crippen molar-refractivity contribution in [2.75, 3.05) is 0 Å². The maximum atomic E-state index is 11.1. The molecule has 3 heteroatoms. The summed E-state index contributed by atoms with van der Waals surface area (Å²) in [4.78, 5) is 11.1. The van der Waals surface area contributed by atoms with Crippen LogP contribution in [-0.4, -0.2) is 16.2 Å². The smallest absolute Gasteiger partial charge is 0.339 e. The Labute approximate surface area is 95.7 Å². The molecule has 0 heterocycles. The Hall–Kier alpha value is -1.51. The van der Waals surface area contributed by atoms with Crippen molar-refractivity contribution >= 4 is 5.97 Å². The molecule has 0 bridgehead atoms. The summed E-state index contributed by atoms with van der Waals surface area (Å²) in [6, 6.07) is 4.88. The number of hydrogen-bond acceptors (Lipinski definition) is 2. The van der Waals surface area contributed by atoms with Crippen LogP contribution in [0.1, 0.15) is 49.5 Å². The number of hydrogen-bond donors (Lipinski definition) is 2. The summed E-state index contributed by atoms with van der Waals surface area (Å²) in [5.74, 6) is -1.23. The van der Waals surface area contributed by atoms with Crippen LogP contribution in [0.5, 0.6) is 5.75 Å². The van der Waals surface area contributed by atoms with Gasteiger partial charge < -0.3 is 10.2 Å². The molecule has 1 aromatic rings. The third-order valence-electron chi connectivity index (χ3n) is 2.86. The van der Waals surface area contributed by atoms with Gasteiger partial charge in [-0.3, -0.25) is 0 Å². The lowest BCUT2D eigenvalue weighted by molar-refractivity contribution is 0.0690. The van der Waals surface area contributed by atoms with Crippen LogP contribution in [-0.2, 0) is 5.41 Å². The minimum Gasteiger partial charge on any atom is -0.507 e. The third-order valence-corrected chi connectivity index (χ3v) is 2.86. The predicted molar refractivity (Wildman–Crippen MR) is 63.0 cm³/mol. The van der Waals surface area contributed by atoms with Crippen LogP contribution >= 0.6 is 0 Å². The lowest BCUT2D eigenvalue weighted by atomic mass is 9.78. The van der Waals surface area contributed by atoms with Gasteiger partial charge in [-0.05, 0) is 23.5 Å². The van der Waals surface area contributed by atoms with E-state index in [9.17, 15) is 9.90 Å². The summed E-state index contributed by atoms with van der Waals surface area (Å²) in [5.41, 5.74) is 0.490. The largest absolute Gasteiger partial charge is 0.507 e. The summed E-state index contributed by atoms with van der Waals surface area (Å²) < 4.78 is 0. The molecule has 2 N–H and O–H groups in total. The maximum absolute atomic E-state index is 11.1. The molecule has 0 aliphatic rings. The van der Waals surface area contributed by atoms with Gasteiger partial charge >= 0.3 is 5.97 Å². The normalized spacial score (nSPS) is 11.4. The molecule has 0 aromatic heterocycles. The van der Waals surface area contributed by atoms with Crippen LogP contribution in [0.25, 0.3) is 0 Å². The van der Waals surface area contributed by atoms with Gasteiger partial charge in [-0.25, -0.2) is 4.79 Å². The zero-order chi connectivity index (χ0) is 12.3. The number of carbonyl (C=O) groups is 1. The van der Waals surface area contributed by atoms with Gasteiger partial charge in [-0.1, -0.05) is 39.3 Å². The molecule has 16 heavy (non-hydrogen) atoms. The SMILES string of the molecule is CCCC(C)(C)c1cccc(O)c1C(=O)O. The van der Waals surface area contributed by atoms with E-state index in [2.05, 4.69) is 6.92 Å². The van der Waals surface area contributed by atoms with Gasteiger partial charge in [0.2, 0.25) is 0 Å². The number of benzene rings is 1. The first-order chi connectivity index (χ1) is 7.40. The van der Waals surface area contributed by atoms with Crippen LogP contribution < -0.4 is 0 Å². The lowest BCUT2D eigenvalue weighted by Gasteiger charge is -2.26. The lowest BCUT2D eigenvalue weighted by Crippen LogP contribution is -2.20. The third kappa shape index (κ3) is 2.35. The molecule has 3 nitrogen and oxygen atoms in total. The van der Waals surface area contributed by atoms with Gasteiger partial charge in [0, 0.05) is 0 Å². The van der Waals surface area contributed by atoms with Gasteiger partial charge in [-0.2, -0.15) is 0 Å². The summed E-state index contributed by atoms with van der Waals surface area (Å²) in [6.45, 7) is 6.06. The van der Waals surface area contributed by atoms with Gasteiger partial charge in [0.25, 0.3) is 0 Å². The van der Waals surface area contributed by atoms with Crippen molar-refractivity contribution in [3.8, 4) is 5.75 Å². The minimum absolute atomic E-state index is 0.0287. The number of aromatic hydroxyl groups is 1. The van der Waals surface area contributed by atoms with Gasteiger partial charge in [0.05, 0.1) is 0 Å². The van der Waals surface area contributed by atoms with Crippen molar-refractivity contribution in [2.24, 2.45) is 0 Å². The first-order valence-corrected chi connectivity index (χ1v) is 5.46. The molecule has 0 saturated heterocycles. The molecule has 0 spiro atoms. The first-order valence-electron chi connectivity index (χ1n) is 5.46. The molecule has 0 fully saturated rings. The van der Waals surface area contributed by atoms with Crippen molar-refractivity contribution in [3.63, 3.8) is 0 Å². The van der Waals surface area contributed by atoms with Gasteiger partial charge in [0.1, 0.15) is 11.3 Å². The number of carboxylic acids is 1. The van der Waals surface area contributed by atoms with Gasteiger partial charge in [-0.15, -0.1) is 0 Å². The summed E-state index contributed by atoms with van der Waals surface area (Å²) >= 11 is 0. The van der Waals surface area contributed by atoms with Crippen LogP contribution in [0.4, 0.5) is 0 Å². The molecular weight excluding hydrogens is 204 g/mol. The zero-order valence-corrected chi connectivity index (χ0v) is 9.95. The van der Waals surface area contributed by atoms with E-state index < -0.39 is 5.97 Å². The molecule has 0 unspecified atom stereocenters. The topological polar surface area (TPSA) is 57.5 Å². The number of rotatable bonds is 4. The van der Waals surface area contributed by atoms with E-state index in [1.165, 1.54) is 6.07 Å². The fourth-order valence-electron chi connectivity index (χ4n) is 2.09. The number of aromatic carboxylic acids is 1. The summed E-state index contributed by atoms with van der Waals surface area (Å²) in [5, 5.41) is 18.7. The number of carboxylic acid groups (broad SMARTS) is 1. The number of phenols is 1. The molecule has 0 aliphatic heterocycles. The Kier molecular flexibility index (Phi) is 3.58. The van der Waals surface area contributed by atoms with Crippen LogP contribution in [0.2, 0.25) is 0 Å². The van der Waals surface area contributed by atoms with E-state index in [0.29, 0.717) is 5.56 Å². The van der Waals surface area contributed by atoms with Crippen LogP contribution in [0, 0.1) is 0 Å². The average molecular weight is 222 g/mol. The molecule has 1 aromatic carbocycles. The van der Waals surface area contributed by atoms with Crippen molar-refractivity contribution in [1.82, 2.24) is 0 Å². The van der Waals surface area contributed by atoms with E-state index in [1.807, 2.05) is 13.8 Å². The molecule has 0 amide bonds. The molecule has 1 rings (SSSR count). The maximum Gasteiger partial charge on any atom is 0.339 e. The average Bonchev–Trinajstić information content (AvgIpc) is 2.16. The highest BCUT2D eigenvalue weighted by Gasteiger charge is 2.27. The van der Waals surface area contributed by atoms with E-state index in [0.717, 1.165) is 12.8 Å². The molecule has 0 atom stereocenters. The molecule has 0 saturated carbocycles.